The zero-order valence-electron chi connectivity index (χ0n) is 10.2. The van der Waals surface area contributed by atoms with Gasteiger partial charge in [-0.25, -0.2) is 9.59 Å². The van der Waals surface area contributed by atoms with Gasteiger partial charge in [0.05, 0.1) is 6.61 Å². The molecule has 0 aromatic rings. The maximum atomic E-state index is 11.7. The highest BCUT2D eigenvalue weighted by molar-refractivity contribution is 6.38. The fraction of sp³-hybridized carbons (Fsp3) is 0.636. The number of ketones is 2. The van der Waals surface area contributed by atoms with Gasteiger partial charge in [-0.2, -0.15) is 0 Å². The number of carboxylic acid groups (broad SMARTS) is 1. The second-order valence-electron chi connectivity index (χ2n) is 4.09. The molecule has 0 aromatic heterocycles. The molecule has 0 saturated carbocycles. The molecule has 7 heteroatoms. The van der Waals surface area contributed by atoms with E-state index in [0.29, 0.717) is 0 Å². The molecule has 0 aromatic carbocycles. The predicted octanol–water partition coefficient (Wildman–Crippen LogP) is 0.0761. The van der Waals surface area contributed by atoms with Crippen LogP contribution in [-0.2, 0) is 19.1 Å². The molecule has 1 aliphatic rings. The van der Waals surface area contributed by atoms with Gasteiger partial charge in [0, 0.05) is 19.0 Å². The SMILES string of the molecule is CCOC(=O)C(=O)C1CN(C(=O)O)C(C)CC1=O. The number of nitrogens with zero attached hydrogens (tertiary/aromatic N) is 1. The molecule has 1 aliphatic heterocycles. The summed E-state index contributed by atoms with van der Waals surface area (Å²) in [4.78, 5) is 46.5. The van der Waals surface area contributed by atoms with Gasteiger partial charge < -0.3 is 14.7 Å². The molecule has 1 N–H and O–H groups in total. The quantitative estimate of drug-likeness (QED) is 0.436. The van der Waals surface area contributed by atoms with Gasteiger partial charge in [0.1, 0.15) is 11.7 Å². The van der Waals surface area contributed by atoms with Crippen LogP contribution >= 0.6 is 0 Å². The number of carbonyl (C=O) groups is 4. The largest absolute Gasteiger partial charge is 0.465 e. The lowest BCUT2D eigenvalue weighted by atomic mass is 9.89. The van der Waals surface area contributed by atoms with Crippen LogP contribution in [0.4, 0.5) is 4.79 Å². The monoisotopic (exact) mass is 257 g/mol. The molecule has 1 heterocycles. The van der Waals surface area contributed by atoms with E-state index < -0.39 is 35.6 Å². The van der Waals surface area contributed by atoms with E-state index >= 15 is 0 Å². The number of amides is 1. The van der Waals surface area contributed by atoms with Crippen molar-refractivity contribution < 1.29 is 29.0 Å². The van der Waals surface area contributed by atoms with Gasteiger partial charge >= 0.3 is 12.1 Å². The Kier molecular flexibility index (Phi) is 4.41. The van der Waals surface area contributed by atoms with Crippen LogP contribution in [-0.4, -0.2) is 52.8 Å². The molecule has 2 unspecified atom stereocenters. The maximum Gasteiger partial charge on any atom is 0.407 e. The van der Waals surface area contributed by atoms with Crippen molar-refractivity contribution in [2.75, 3.05) is 13.2 Å². The lowest BCUT2D eigenvalue weighted by Crippen LogP contribution is -2.52. The minimum Gasteiger partial charge on any atom is -0.465 e. The number of carbonyl (C=O) groups excluding carboxylic acids is 3. The zero-order valence-corrected chi connectivity index (χ0v) is 10.2. The average Bonchev–Trinajstić information content (AvgIpc) is 2.28. The zero-order chi connectivity index (χ0) is 13.9. The number of piperidine rings is 1. The van der Waals surface area contributed by atoms with E-state index in [-0.39, 0.29) is 19.6 Å². The smallest absolute Gasteiger partial charge is 0.407 e. The van der Waals surface area contributed by atoms with E-state index in [1.807, 2.05) is 0 Å². The first-order chi connectivity index (χ1) is 8.38. The van der Waals surface area contributed by atoms with Crippen molar-refractivity contribution >= 4 is 23.6 Å². The van der Waals surface area contributed by atoms with Crippen molar-refractivity contribution in [3.8, 4) is 0 Å². The van der Waals surface area contributed by atoms with E-state index in [4.69, 9.17) is 5.11 Å². The lowest BCUT2D eigenvalue weighted by Gasteiger charge is -2.33. The normalized spacial score (nSPS) is 23.7. The molecule has 2 atom stereocenters. The number of Topliss-reactive ketones (excluding diaryl/α,β-unsaturated/α-hetero) is 2. The Labute approximate surface area is 104 Å². The van der Waals surface area contributed by atoms with Gasteiger partial charge in [-0.05, 0) is 13.8 Å². The summed E-state index contributed by atoms with van der Waals surface area (Å²) in [5.41, 5.74) is 0. The summed E-state index contributed by atoms with van der Waals surface area (Å²) >= 11 is 0. The Morgan fingerprint density at radius 1 is 1.44 bits per heavy atom. The number of hydrogen-bond acceptors (Lipinski definition) is 5. The van der Waals surface area contributed by atoms with Gasteiger partial charge in [0.25, 0.3) is 5.78 Å². The highest BCUT2D eigenvalue weighted by Gasteiger charge is 2.41. The third kappa shape index (κ3) is 2.85. The van der Waals surface area contributed by atoms with Gasteiger partial charge in [-0.1, -0.05) is 0 Å². The van der Waals surface area contributed by atoms with Crippen molar-refractivity contribution in [3.63, 3.8) is 0 Å². The summed E-state index contributed by atoms with van der Waals surface area (Å²) in [5, 5.41) is 8.92. The van der Waals surface area contributed by atoms with E-state index in [1.54, 1.807) is 13.8 Å². The van der Waals surface area contributed by atoms with Crippen LogP contribution in [0.15, 0.2) is 0 Å². The molecule has 7 nitrogen and oxygen atoms in total. The predicted molar refractivity (Wildman–Crippen MR) is 58.9 cm³/mol. The molecular weight excluding hydrogens is 242 g/mol. The number of likely N-dealkylation sites (tertiary alicyclic amines) is 1. The van der Waals surface area contributed by atoms with Crippen molar-refractivity contribution in [3.05, 3.63) is 0 Å². The van der Waals surface area contributed by atoms with Crippen molar-refractivity contribution in [2.24, 2.45) is 5.92 Å². The molecule has 1 rings (SSSR count). The molecule has 18 heavy (non-hydrogen) atoms. The van der Waals surface area contributed by atoms with Crippen molar-refractivity contribution in [1.82, 2.24) is 4.90 Å². The number of esters is 1. The van der Waals surface area contributed by atoms with Gasteiger partial charge in [0.2, 0.25) is 0 Å². The Hall–Kier alpha value is -1.92. The fourth-order valence-electron chi connectivity index (χ4n) is 1.86. The summed E-state index contributed by atoms with van der Waals surface area (Å²) in [6, 6.07) is -0.485. The average molecular weight is 257 g/mol. The molecule has 1 fully saturated rings. The number of rotatable bonds is 3. The summed E-state index contributed by atoms with van der Waals surface area (Å²) in [5.74, 6) is -3.72. The Balaban J connectivity index is 2.82. The van der Waals surface area contributed by atoms with Crippen LogP contribution in [0.3, 0.4) is 0 Å². The lowest BCUT2D eigenvalue weighted by molar-refractivity contribution is -0.158. The van der Waals surface area contributed by atoms with Gasteiger partial charge in [-0.15, -0.1) is 0 Å². The third-order valence-electron chi connectivity index (χ3n) is 2.84. The topological polar surface area (TPSA) is 101 Å². The summed E-state index contributed by atoms with van der Waals surface area (Å²) in [7, 11) is 0. The first-order valence-electron chi connectivity index (χ1n) is 5.61. The Morgan fingerprint density at radius 3 is 2.56 bits per heavy atom. The molecule has 100 valence electrons. The highest BCUT2D eigenvalue weighted by atomic mass is 16.5. The van der Waals surface area contributed by atoms with Crippen LogP contribution in [0.5, 0.6) is 0 Å². The summed E-state index contributed by atoms with van der Waals surface area (Å²) in [6.45, 7) is 2.87. The molecule has 1 saturated heterocycles. The Morgan fingerprint density at radius 2 is 2.06 bits per heavy atom. The second kappa shape index (κ2) is 5.61. The first-order valence-corrected chi connectivity index (χ1v) is 5.61. The van der Waals surface area contributed by atoms with Crippen LogP contribution in [0.1, 0.15) is 20.3 Å². The van der Waals surface area contributed by atoms with E-state index in [9.17, 15) is 19.2 Å². The van der Waals surface area contributed by atoms with Crippen LogP contribution < -0.4 is 0 Å². The van der Waals surface area contributed by atoms with Crippen molar-refractivity contribution in [2.45, 2.75) is 26.3 Å². The van der Waals surface area contributed by atoms with Crippen molar-refractivity contribution in [1.29, 1.82) is 0 Å². The minimum absolute atomic E-state index is 0.0323. The number of ether oxygens (including phenoxy) is 1. The molecule has 0 aliphatic carbocycles. The third-order valence-corrected chi connectivity index (χ3v) is 2.84. The van der Waals surface area contributed by atoms with Crippen LogP contribution in [0.2, 0.25) is 0 Å². The molecular formula is C11H15NO6. The standard InChI is InChI=1S/C11H15NO6/c1-3-18-10(15)9(14)7-5-12(11(16)17)6(2)4-8(7)13/h6-7H,3-5H2,1-2H3,(H,16,17). The second-order valence-corrected chi connectivity index (χ2v) is 4.09. The summed E-state index contributed by atoms with van der Waals surface area (Å²) in [6.07, 6.45) is -1.28. The minimum atomic E-state index is -1.24. The van der Waals surface area contributed by atoms with Gasteiger partial charge in [0.15, 0.2) is 0 Å². The fourth-order valence-corrected chi connectivity index (χ4v) is 1.86. The van der Waals surface area contributed by atoms with Crippen LogP contribution in [0, 0.1) is 5.92 Å². The van der Waals surface area contributed by atoms with Gasteiger partial charge in [-0.3, -0.25) is 9.59 Å². The molecule has 0 bridgehead atoms. The number of hydrogen-bond donors (Lipinski definition) is 1. The maximum absolute atomic E-state index is 11.7. The van der Waals surface area contributed by atoms with Crippen LogP contribution in [0.25, 0.3) is 0 Å². The molecule has 1 amide bonds. The molecule has 0 spiro atoms. The van der Waals surface area contributed by atoms with E-state index in [0.717, 1.165) is 4.90 Å². The highest BCUT2D eigenvalue weighted by Crippen LogP contribution is 2.20. The van der Waals surface area contributed by atoms with E-state index in [2.05, 4.69) is 4.74 Å². The molecule has 0 radical (unpaired) electrons. The summed E-state index contributed by atoms with van der Waals surface area (Å²) < 4.78 is 4.52. The Bertz CT molecular complexity index is 391. The van der Waals surface area contributed by atoms with E-state index in [1.165, 1.54) is 0 Å². The first kappa shape index (κ1) is 14.1.